The van der Waals surface area contributed by atoms with Crippen molar-refractivity contribution in [3.63, 3.8) is 0 Å². The van der Waals surface area contributed by atoms with Crippen molar-refractivity contribution in [2.45, 2.75) is 25.9 Å². The molecule has 0 aliphatic carbocycles. The van der Waals surface area contributed by atoms with Gasteiger partial charge in [-0.15, -0.1) is 0 Å². The van der Waals surface area contributed by atoms with Crippen LogP contribution in [0.25, 0.3) is 0 Å². The summed E-state index contributed by atoms with van der Waals surface area (Å²) < 4.78 is 40.4. The van der Waals surface area contributed by atoms with Crippen molar-refractivity contribution in [3.05, 3.63) is 70.9 Å². The van der Waals surface area contributed by atoms with E-state index in [1.807, 2.05) is 26.0 Å². The van der Waals surface area contributed by atoms with Crippen LogP contribution in [0.2, 0.25) is 5.02 Å². The molecule has 1 aromatic heterocycles. The highest BCUT2D eigenvalue weighted by molar-refractivity contribution is 6.30. The molecule has 1 heterocycles. The van der Waals surface area contributed by atoms with E-state index in [-0.39, 0.29) is 11.8 Å². The minimum absolute atomic E-state index is 0.127. The maximum Gasteiger partial charge on any atom is 0.421 e. The Morgan fingerprint density at radius 2 is 1.62 bits per heavy atom. The summed E-state index contributed by atoms with van der Waals surface area (Å²) in [6.07, 6.45) is -3.79. The fourth-order valence-corrected chi connectivity index (χ4v) is 2.83. The number of alkyl halides is 3. The Bertz CT molecular complexity index is 971. The average molecular weight is 421 g/mol. The molecule has 0 aliphatic rings. The van der Waals surface area contributed by atoms with E-state index in [1.54, 1.807) is 48.3 Å². The van der Waals surface area contributed by atoms with Crippen LogP contribution in [0.15, 0.2) is 54.7 Å². The zero-order chi connectivity index (χ0) is 21.2. The third-order valence-electron chi connectivity index (χ3n) is 4.44. The molecule has 0 spiro atoms. The second-order valence-corrected chi connectivity index (χ2v) is 7.30. The third-order valence-corrected chi connectivity index (χ3v) is 4.69. The zero-order valence-electron chi connectivity index (χ0n) is 16.1. The third kappa shape index (κ3) is 4.98. The topological polar surface area (TPSA) is 41.1 Å². The molecular weight excluding hydrogens is 401 g/mol. The Kier molecular flexibility index (Phi) is 5.98. The molecule has 2 aromatic carbocycles. The van der Waals surface area contributed by atoms with Gasteiger partial charge in [0.1, 0.15) is 11.4 Å². The van der Waals surface area contributed by atoms with E-state index < -0.39 is 11.7 Å². The van der Waals surface area contributed by atoms with Gasteiger partial charge in [-0.3, -0.25) is 0 Å². The van der Waals surface area contributed by atoms with Gasteiger partial charge in [-0.1, -0.05) is 37.6 Å². The average Bonchev–Trinajstić information content (AvgIpc) is 2.67. The highest BCUT2D eigenvalue weighted by Crippen LogP contribution is 2.36. The first-order valence-corrected chi connectivity index (χ1v) is 9.33. The van der Waals surface area contributed by atoms with E-state index in [1.165, 1.54) is 0 Å². The first kappa shape index (κ1) is 20.9. The maximum atomic E-state index is 13.5. The van der Waals surface area contributed by atoms with Crippen molar-refractivity contribution >= 4 is 34.7 Å². The van der Waals surface area contributed by atoms with Crippen molar-refractivity contribution < 1.29 is 13.2 Å². The van der Waals surface area contributed by atoms with Crippen LogP contribution in [0.3, 0.4) is 0 Å². The van der Waals surface area contributed by atoms with Crippen LogP contribution in [0.1, 0.15) is 30.9 Å². The van der Waals surface area contributed by atoms with Crippen LogP contribution in [0.4, 0.5) is 36.3 Å². The molecule has 152 valence electrons. The molecule has 0 saturated heterocycles. The van der Waals surface area contributed by atoms with E-state index in [9.17, 15) is 13.2 Å². The maximum absolute atomic E-state index is 13.5. The summed E-state index contributed by atoms with van der Waals surface area (Å²) in [6, 6.07) is 14.1. The van der Waals surface area contributed by atoms with Crippen molar-refractivity contribution in [3.8, 4) is 0 Å². The van der Waals surface area contributed by atoms with Crippen molar-refractivity contribution in [2.75, 3.05) is 17.3 Å². The van der Waals surface area contributed by atoms with Gasteiger partial charge in [0.05, 0.1) is 0 Å². The summed E-state index contributed by atoms with van der Waals surface area (Å²) in [5, 5.41) is 3.34. The van der Waals surface area contributed by atoms with E-state index in [0.29, 0.717) is 22.3 Å². The van der Waals surface area contributed by atoms with Crippen molar-refractivity contribution in [2.24, 2.45) is 0 Å². The largest absolute Gasteiger partial charge is 0.421 e. The van der Waals surface area contributed by atoms with Crippen molar-refractivity contribution in [1.82, 2.24) is 9.97 Å². The van der Waals surface area contributed by atoms with Gasteiger partial charge in [0.15, 0.2) is 0 Å². The highest BCUT2D eigenvalue weighted by atomic mass is 35.5. The number of hydrogen-bond acceptors (Lipinski definition) is 4. The molecule has 29 heavy (non-hydrogen) atoms. The Labute approximate surface area is 172 Å². The van der Waals surface area contributed by atoms with Crippen LogP contribution >= 0.6 is 11.6 Å². The molecule has 0 radical (unpaired) electrons. The van der Waals surface area contributed by atoms with Crippen LogP contribution in [-0.2, 0) is 6.18 Å². The van der Waals surface area contributed by atoms with E-state index in [4.69, 9.17) is 11.6 Å². The number of rotatable bonds is 5. The second-order valence-electron chi connectivity index (χ2n) is 6.87. The summed E-state index contributed by atoms with van der Waals surface area (Å²) in [5.41, 5.74) is 1.37. The Balaban J connectivity index is 1.96. The first-order chi connectivity index (χ1) is 13.6. The number of benzene rings is 2. The van der Waals surface area contributed by atoms with Crippen LogP contribution < -0.4 is 10.2 Å². The molecule has 0 bridgehead atoms. The Morgan fingerprint density at radius 3 is 2.17 bits per heavy atom. The summed E-state index contributed by atoms with van der Waals surface area (Å²) >= 11 is 5.89. The normalized spacial score (nSPS) is 11.6. The molecule has 8 heteroatoms. The van der Waals surface area contributed by atoms with Gasteiger partial charge in [-0.2, -0.15) is 18.2 Å². The summed E-state index contributed by atoms with van der Waals surface area (Å²) in [7, 11) is 1.67. The molecule has 0 unspecified atom stereocenters. The zero-order valence-corrected chi connectivity index (χ0v) is 16.9. The summed E-state index contributed by atoms with van der Waals surface area (Å²) in [6.45, 7) is 4.10. The molecule has 0 fully saturated rings. The van der Waals surface area contributed by atoms with Crippen LogP contribution in [0.5, 0.6) is 0 Å². The number of anilines is 4. The van der Waals surface area contributed by atoms with Gasteiger partial charge in [-0.05, 0) is 47.9 Å². The number of halogens is 4. The molecule has 0 saturated carbocycles. The number of nitrogens with zero attached hydrogens (tertiary/aromatic N) is 3. The van der Waals surface area contributed by atoms with E-state index in [0.717, 1.165) is 11.8 Å². The standard InChI is InChI=1S/C21H20ClF3N4/c1-13(2)14-4-8-16(9-5-14)27-19-18(21(23,24)25)12-26-20(28-19)29(3)17-10-6-15(22)7-11-17/h4-13H,1-3H3,(H,26,27,28). The van der Waals surface area contributed by atoms with Crippen LogP contribution in [-0.4, -0.2) is 17.0 Å². The predicted molar refractivity (Wildman–Crippen MR) is 110 cm³/mol. The van der Waals surface area contributed by atoms with Crippen molar-refractivity contribution in [1.29, 1.82) is 0 Å². The minimum atomic E-state index is -4.59. The quantitative estimate of drug-likeness (QED) is 0.493. The van der Waals surface area contributed by atoms with E-state index >= 15 is 0 Å². The van der Waals surface area contributed by atoms with Gasteiger partial charge in [-0.25, -0.2) is 4.98 Å². The van der Waals surface area contributed by atoms with Gasteiger partial charge in [0, 0.05) is 29.6 Å². The highest BCUT2D eigenvalue weighted by Gasteiger charge is 2.35. The van der Waals surface area contributed by atoms with E-state index in [2.05, 4.69) is 15.3 Å². The number of nitrogens with one attached hydrogen (secondary N) is 1. The van der Waals surface area contributed by atoms with Gasteiger partial charge >= 0.3 is 6.18 Å². The van der Waals surface area contributed by atoms with Gasteiger partial charge in [0.25, 0.3) is 0 Å². The Hall–Kier alpha value is -2.80. The molecule has 0 amide bonds. The lowest BCUT2D eigenvalue weighted by molar-refractivity contribution is -0.137. The smallest absolute Gasteiger partial charge is 0.340 e. The number of aromatic nitrogens is 2. The lowest BCUT2D eigenvalue weighted by Crippen LogP contribution is -2.17. The predicted octanol–water partition coefficient (Wildman–Crippen LogP) is 6.78. The summed E-state index contributed by atoms with van der Waals surface area (Å²) in [4.78, 5) is 9.63. The molecule has 3 rings (SSSR count). The number of hydrogen-bond donors (Lipinski definition) is 1. The fraction of sp³-hybridized carbons (Fsp3) is 0.238. The molecule has 1 N–H and O–H groups in total. The fourth-order valence-electron chi connectivity index (χ4n) is 2.71. The SMILES string of the molecule is CC(C)c1ccc(Nc2nc(N(C)c3ccc(Cl)cc3)ncc2C(F)(F)F)cc1. The monoisotopic (exact) mass is 420 g/mol. The van der Waals surface area contributed by atoms with Crippen LogP contribution in [0, 0.1) is 0 Å². The molecule has 3 aromatic rings. The van der Waals surface area contributed by atoms with Gasteiger partial charge < -0.3 is 10.2 Å². The minimum Gasteiger partial charge on any atom is -0.340 e. The van der Waals surface area contributed by atoms with Gasteiger partial charge in [0.2, 0.25) is 5.95 Å². The molecular formula is C21H20ClF3N4. The Morgan fingerprint density at radius 1 is 1.00 bits per heavy atom. The molecule has 0 aliphatic heterocycles. The second kappa shape index (κ2) is 8.29. The first-order valence-electron chi connectivity index (χ1n) is 8.95. The molecule has 0 atom stereocenters. The lowest BCUT2D eigenvalue weighted by atomic mass is 10.0. The lowest BCUT2D eigenvalue weighted by Gasteiger charge is -2.20. The summed E-state index contributed by atoms with van der Waals surface area (Å²) in [5.74, 6) is 0.149. The molecule has 4 nitrogen and oxygen atoms in total.